The smallest absolute Gasteiger partial charge is 0.338 e. The van der Waals surface area contributed by atoms with Crippen molar-refractivity contribution in [1.29, 1.82) is 0 Å². The molecule has 0 atom stereocenters. The Balaban J connectivity index is 1.39. The summed E-state index contributed by atoms with van der Waals surface area (Å²) in [6, 6.07) is 21.5. The van der Waals surface area contributed by atoms with E-state index in [0.717, 1.165) is 11.1 Å². The van der Waals surface area contributed by atoms with Crippen LogP contribution < -0.4 is 10.1 Å². The van der Waals surface area contributed by atoms with Gasteiger partial charge in [0.2, 0.25) is 0 Å². The summed E-state index contributed by atoms with van der Waals surface area (Å²) < 4.78 is 12.2. The lowest BCUT2D eigenvalue weighted by Crippen LogP contribution is -2.12. The lowest BCUT2D eigenvalue weighted by atomic mass is 10.1. The van der Waals surface area contributed by atoms with E-state index in [4.69, 9.17) is 21.1 Å². The number of benzene rings is 3. The van der Waals surface area contributed by atoms with Crippen molar-refractivity contribution in [1.82, 2.24) is 9.78 Å². The van der Waals surface area contributed by atoms with Crippen molar-refractivity contribution in [3.05, 3.63) is 112 Å². The van der Waals surface area contributed by atoms with Crippen LogP contribution in [0.25, 0.3) is 0 Å². The fourth-order valence-electron chi connectivity index (χ4n) is 3.36. The number of esters is 1. The Morgan fingerprint density at radius 1 is 1.03 bits per heavy atom. The van der Waals surface area contributed by atoms with Crippen LogP contribution in [0.4, 0.5) is 5.69 Å². The molecule has 0 bridgehead atoms. The highest BCUT2D eigenvalue weighted by molar-refractivity contribution is 6.30. The van der Waals surface area contributed by atoms with Gasteiger partial charge in [-0.15, -0.1) is 0 Å². The monoisotopic (exact) mass is 475 g/mol. The number of hydrogen-bond acceptors (Lipinski definition) is 5. The van der Waals surface area contributed by atoms with Gasteiger partial charge in [0, 0.05) is 16.8 Å². The van der Waals surface area contributed by atoms with Gasteiger partial charge in [0.1, 0.15) is 12.4 Å². The van der Waals surface area contributed by atoms with Gasteiger partial charge in [-0.25, -0.2) is 4.79 Å². The van der Waals surface area contributed by atoms with Gasteiger partial charge in [-0.1, -0.05) is 41.9 Å². The van der Waals surface area contributed by atoms with Crippen LogP contribution in [0.15, 0.2) is 85.2 Å². The first-order valence-corrected chi connectivity index (χ1v) is 10.9. The molecule has 3 aromatic carbocycles. The van der Waals surface area contributed by atoms with Crippen LogP contribution in [-0.2, 0) is 17.9 Å². The number of halogens is 1. The third kappa shape index (κ3) is 5.82. The van der Waals surface area contributed by atoms with E-state index in [-0.39, 0.29) is 5.91 Å². The van der Waals surface area contributed by atoms with Crippen LogP contribution in [-0.4, -0.2) is 28.8 Å². The number of aromatic nitrogens is 2. The number of hydrogen-bond donors (Lipinski definition) is 1. The zero-order valence-corrected chi connectivity index (χ0v) is 19.2. The number of carbonyl (C=O) groups excluding carboxylic acids is 2. The van der Waals surface area contributed by atoms with Gasteiger partial charge in [-0.3, -0.25) is 9.48 Å². The summed E-state index contributed by atoms with van der Waals surface area (Å²) >= 11 is 5.89. The number of methoxy groups -OCH3 is 1. The third-order valence-electron chi connectivity index (χ3n) is 5.05. The molecular formula is C26H22ClN3O4. The van der Waals surface area contributed by atoms with E-state index in [9.17, 15) is 9.59 Å². The molecule has 0 saturated carbocycles. The van der Waals surface area contributed by atoms with E-state index < -0.39 is 5.97 Å². The topological polar surface area (TPSA) is 82.5 Å². The summed E-state index contributed by atoms with van der Waals surface area (Å²) in [7, 11) is 1.35. The number of amides is 1. The van der Waals surface area contributed by atoms with Crippen molar-refractivity contribution in [3.8, 4) is 5.75 Å². The Bertz CT molecular complexity index is 1300. The molecule has 1 N–H and O–H groups in total. The van der Waals surface area contributed by atoms with Crippen LogP contribution in [0.2, 0.25) is 5.02 Å². The predicted octanol–water partition coefficient (Wildman–Crippen LogP) is 5.20. The molecule has 0 saturated heterocycles. The number of carbonyl (C=O) groups is 2. The maximum atomic E-state index is 12.8. The van der Waals surface area contributed by atoms with Crippen LogP contribution in [0, 0.1) is 0 Å². The van der Waals surface area contributed by atoms with Crippen LogP contribution in [0.5, 0.6) is 5.75 Å². The minimum absolute atomic E-state index is 0.261. The van der Waals surface area contributed by atoms with Gasteiger partial charge >= 0.3 is 5.97 Å². The number of rotatable bonds is 8. The van der Waals surface area contributed by atoms with Crippen LogP contribution in [0.1, 0.15) is 31.8 Å². The molecule has 0 aliphatic carbocycles. The Morgan fingerprint density at radius 3 is 2.62 bits per heavy atom. The predicted molar refractivity (Wildman–Crippen MR) is 129 cm³/mol. The minimum Gasteiger partial charge on any atom is -0.489 e. The number of anilines is 1. The lowest BCUT2D eigenvalue weighted by Gasteiger charge is -2.08. The quantitative estimate of drug-likeness (QED) is 0.354. The van der Waals surface area contributed by atoms with Crippen molar-refractivity contribution >= 4 is 29.2 Å². The second kappa shape index (κ2) is 10.7. The summed E-state index contributed by atoms with van der Waals surface area (Å²) in [4.78, 5) is 24.7. The molecule has 1 heterocycles. The number of ether oxygens (including phenoxy) is 2. The maximum Gasteiger partial charge on any atom is 0.338 e. The van der Waals surface area contributed by atoms with Gasteiger partial charge < -0.3 is 14.8 Å². The fourth-order valence-corrected chi connectivity index (χ4v) is 3.49. The zero-order chi connectivity index (χ0) is 23.9. The summed E-state index contributed by atoms with van der Waals surface area (Å²) in [5.41, 5.74) is 3.15. The highest BCUT2D eigenvalue weighted by Crippen LogP contribution is 2.18. The standard InChI is InChI=1S/C26H22ClN3O4/c1-33-26(32)24-8-3-2-6-20(24)15-30-16-22(14-28-30)29-25(31)19-7-4-5-18(13-19)17-34-23-11-9-21(27)10-12-23/h2-14,16H,15,17H2,1H3,(H,29,31). The molecule has 34 heavy (non-hydrogen) atoms. The van der Waals surface area contributed by atoms with Crippen LogP contribution in [0.3, 0.4) is 0 Å². The van der Waals surface area contributed by atoms with Gasteiger partial charge in [0.25, 0.3) is 5.91 Å². The summed E-state index contributed by atoms with van der Waals surface area (Å²) in [6.45, 7) is 0.680. The summed E-state index contributed by atoms with van der Waals surface area (Å²) in [5.74, 6) is 0.0273. The molecule has 0 unspecified atom stereocenters. The van der Waals surface area contributed by atoms with Gasteiger partial charge in [0.05, 0.1) is 31.1 Å². The maximum absolute atomic E-state index is 12.8. The highest BCUT2D eigenvalue weighted by atomic mass is 35.5. The lowest BCUT2D eigenvalue weighted by molar-refractivity contribution is 0.0599. The third-order valence-corrected chi connectivity index (χ3v) is 5.31. The van der Waals surface area contributed by atoms with Crippen molar-refractivity contribution in [2.24, 2.45) is 0 Å². The average molecular weight is 476 g/mol. The molecule has 172 valence electrons. The Morgan fingerprint density at radius 2 is 1.82 bits per heavy atom. The van der Waals surface area contributed by atoms with Crippen molar-refractivity contribution in [3.63, 3.8) is 0 Å². The van der Waals surface area contributed by atoms with E-state index in [0.29, 0.717) is 40.7 Å². The second-order valence-electron chi connectivity index (χ2n) is 7.47. The largest absolute Gasteiger partial charge is 0.489 e. The van der Waals surface area contributed by atoms with Crippen molar-refractivity contribution in [2.45, 2.75) is 13.2 Å². The Labute approximate surface area is 201 Å². The Hall–Kier alpha value is -4.10. The molecule has 4 rings (SSSR count). The van der Waals surface area contributed by atoms with Gasteiger partial charge in [-0.2, -0.15) is 5.10 Å². The minimum atomic E-state index is -0.406. The number of nitrogens with zero attached hydrogens (tertiary/aromatic N) is 2. The normalized spacial score (nSPS) is 10.5. The van der Waals surface area contributed by atoms with Crippen molar-refractivity contribution in [2.75, 3.05) is 12.4 Å². The second-order valence-corrected chi connectivity index (χ2v) is 7.91. The van der Waals surface area contributed by atoms with Gasteiger partial charge in [-0.05, 0) is 53.6 Å². The summed E-state index contributed by atoms with van der Waals surface area (Å²) in [5, 5.41) is 7.78. The van der Waals surface area contributed by atoms with E-state index >= 15 is 0 Å². The Kier molecular flexibility index (Phi) is 7.25. The molecule has 0 aliphatic heterocycles. The molecule has 0 spiro atoms. The average Bonchev–Trinajstić information content (AvgIpc) is 3.30. The molecule has 0 radical (unpaired) electrons. The molecule has 1 amide bonds. The molecular weight excluding hydrogens is 454 g/mol. The van der Waals surface area contributed by atoms with E-state index in [1.54, 1.807) is 65.6 Å². The number of nitrogens with one attached hydrogen (secondary N) is 1. The van der Waals surface area contributed by atoms with E-state index in [1.165, 1.54) is 7.11 Å². The SMILES string of the molecule is COC(=O)c1ccccc1Cn1cc(NC(=O)c2cccc(COc3ccc(Cl)cc3)c2)cn1. The molecule has 7 nitrogen and oxygen atoms in total. The first-order chi connectivity index (χ1) is 16.5. The van der Waals surface area contributed by atoms with E-state index in [1.807, 2.05) is 24.3 Å². The first kappa shape index (κ1) is 23.1. The molecule has 0 aliphatic rings. The molecule has 0 fully saturated rings. The highest BCUT2D eigenvalue weighted by Gasteiger charge is 2.13. The molecule has 1 aromatic heterocycles. The van der Waals surface area contributed by atoms with E-state index in [2.05, 4.69) is 10.4 Å². The molecule has 4 aromatic rings. The van der Waals surface area contributed by atoms with Crippen LogP contribution >= 0.6 is 11.6 Å². The fraction of sp³-hybridized carbons (Fsp3) is 0.115. The molecule has 8 heteroatoms. The first-order valence-electron chi connectivity index (χ1n) is 10.5. The summed E-state index contributed by atoms with van der Waals surface area (Å²) in [6.07, 6.45) is 3.27. The van der Waals surface area contributed by atoms with Gasteiger partial charge in [0.15, 0.2) is 0 Å². The van der Waals surface area contributed by atoms with Crippen molar-refractivity contribution < 1.29 is 19.1 Å². The zero-order valence-electron chi connectivity index (χ0n) is 18.4.